The van der Waals surface area contributed by atoms with E-state index in [1.807, 2.05) is 25.1 Å². The maximum atomic E-state index is 11.8. The first-order chi connectivity index (χ1) is 9.24. The fourth-order valence-corrected chi connectivity index (χ4v) is 1.80. The highest BCUT2D eigenvalue weighted by Crippen LogP contribution is 1.94. The fourth-order valence-electron chi connectivity index (χ4n) is 1.80. The Morgan fingerprint density at radius 2 is 2.16 bits per heavy atom. The molecule has 1 heterocycles. The van der Waals surface area contributed by atoms with Gasteiger partial charge in [0.2, 0.25) is 5.91 Å². The number of rotatable bonds is 9. The molecule has 0 aliphatic rings. The fraction of sp³-hybridized carbons (Fsp3) is 0.600. The van der Waals surface area contributed by atoms with Gasteiger partial charge in [-0.1, -0.05) is 25.8 Å². The third-order valence-corrected chi connectivity index (χ3v) is 3.03. The number of amides is 1. The van der Waals surface area contributed by atoms with Crippen molar-refractivity contribution < 1.29 is 4.79 Å². The molecule has 0 aliphatic carbocycles. The minimum Gasteiger partial charge on any atom is -0.355 e. The highest BCUT2D eigenvalue weighted by molar-refractivity contribution is 5.81. The Morgan fingerprint density at radius 1 is 1.32 bits per heavy atom. The quantitative estimate of drug-likeness (QED) is 0.669. The molecule has 106 valence electrons. The van der Waals surface area contributed by atoms with Gasteiger partial charge in [0.25, 0.3) is 0 Å². The van der Waals surface area contributed by atoms with Gasteiger partial charge in [-0.3, -0.25) is 9.78 Å². The number of pyridine rings is 1. The third-order valence-electron chi connectivity index (χ3n) is 3.03. The van der Waals surface area contributed by atoms with Gasteiger partial charge < -0.3 is 10.6 Å². The topological polar surface area (TPSA) is 54.0 Å². The predicted octanol–water partition coefficient (Wildman–Crippen LogP) is 1.91. The number of unbranched alkanes of at least 4 members (excludes halogenated alkanes) is 2. The van der Waals surface area contributed by atoms with Gasteiger partial charge in [0.1, 0.15) is 0 Å². The van der Waals surface area contributed by atoms with Crippen LogP contribution in [0.4, 0.5) is 0 Å². The lowest BCUT2D eigenvalue weighted by molar-refractivity contribution is -0.122. The maximum absolute atomic E-state index is 11.8. The summed E-state index contributed by atoms with van der Waals surface area (Å²) >= 11 is 0. The summed E-state index contributed by atoms with van der Waals surface area (Å²) in [5, 5.41) is 6.17. The van der Waals surface area contributed by atoms with E-state index in [4.69, 9.17) is 0 Å². The molecule has 0 aromatic carbocycles. The van der Waals surface area contributed by atoms with Crippen LogP contribution in [-0.2, 0) is 11.2 Å². The largest absolute Gasteiger partial charge is 0.355 e. The maximum Gasteiger partial charge on any atom is 0.236 e. The van der Waals surface area contributed by atoms with Gasteiger partial charge in [0.05, 0.1) is 6.04 Å². The lowest BCUT2D eigenvalue weighted by Crippen LogP contribution is -2.43. The molecule has 0 saturated heterocycles. The summed E-state index contributed by atoms with van der Waals surface area (Å²) in [7, 11) is 0. The van der Waals surface area contributed by atoms with Crippen molar-refractivity contribution in [3.8, 4) is 0 Å². The lowest BCUT2D eigenvalue weighted by Gasteiger charge is -2.13. The van der Waals surface area contributed by atoms with Crippen LogP contribution in [-0.4, -0.2) is 30.0 Å². The summed E-state index contributed by atoms with van der Waals surface area (Å²) in [6.45, 7) is 5.59. The van der Waals surface area contributed by atoms with Gasteiger partial charge in [-0.2, -0.15) is 0 Å². The molecule has 0 aliphatic heterocycles. The van der Waals surface area contributed by atoms with Crippen LogP contribution >= 0.6 is 0 Å². The molecular weight excluding hydrogens is 238 g/mol. The zero-order valence-electron chi connectivity index (χ0n) is 12.0. The number of carbonyl (C=O) groups excluding carboxylic acids is 1. The van der Waals surface area contributed by atoms with Crippen molar-refractivity contribution >= 4 is 5.91 Å². The van der Waals surface area contributed by atoms with Crippen molar-refractivity contribution in [1.82, 2.24) is 15.6 Å². The molecule has 1 atom stereocenters. The normalized spacial score (nSPS) is 12.1. The molecule has 1 aromatic rings. The van der Waals surface area contributed by atoms with Crippen LogP contribution in [0.25, 0.3) is 0 Å². The Morgan fingerprint density at radius 3 is 2.84 bits per heavy atom. The SMILES string of the molecule is CCCCCNC(=O)C(C)NCCc1ccccn1. The van der Waals surface area contributed by atoms with Crippen molar-refractivity contribution in [3.63, 3.8) is 0 Å². The predicted molar refractivity (Wildman–Crippen MR) is 77.9 cm³/mol. The minimum atomic E-state index is -0.148. The van der Waals surface area contributed by atoms with Gasteiger partial charge in [-0.25, -0.2) is 0 Å². The molecule has 4 heteroatoms. The van der Waals surface area contributed by atoms with Gasteiger partial charge in [-0.15, -0.1) is 0 Å². The van der Waals surface area contributed by atoms with E-state index in [-0.39, 0.29) is 11.9 Å². The van der Waals surface area contributed by atoms with E-state index in [1.165, 1.54) is 12.8 Å². The standard InChI is InChI=1S/C15H25N3O/c1-3-4-6-11-18-15(19)13(2)16-12-9-14-8-5-7-10-17-14/h5,7-8,10,13,16H,3-4,6,9,11-12H2,1-2H3,(H,18,19). The van der Waals surface area contributed by atoms with Crippen molar-refractivity contribution in [2.24, 2.45) is 0 Å². The van der Waals surface area contributed by atoms with Crippen molar-refractivity contribution in [3.05, 3.63) is 30.1 Å². The van der Waals surface area contributed by atoms with Crippen LogP contribution in [0.2, 0.25) is 0 Å². The van der Waals surface area contributed by atoms with Crippen LogP contribution in [0, 0.1) is 0 Å². The molecule has 0 spiro atoms. The van der Waals surface area contributed by atoms with Gasteiger partial charge in [0, 0.05) is 31.4 Å². The summed E-state index contributed by atoms with van der Waals surface area (Å²) in [6, 6.07) is 5.73. The molecular formula is C15H25N3O. The highest BCUT2D eigenvalue weighted by Gasteiger charge is 2.10. The summed E-state index contributed by atoms with van der Waals surface area (Å²) in [5.41, 5.74) is 1.05. The van der Waals surface area contributed by atoms with Crippen LogP contribution in [0.3, 0.4) is 0 Å². The molecule has 1 aromatic heterocycles. The van der Waals surface area contributed by atoms with Crippen molar-refractivity contribution in [2.45, 2.75) is 45.6 Å². The van der Waals surface area contributed by atoms with Crippen molar-refractivity contribution in [1.29, 1.82) is 0 Å². The Balaban J connectivity index is 2.12. The monoisotopic (exact) mass is 263 g/mol. The molecule has 1 amide bonds. The Kier molecular flexibility index (Phi) is 7.82. The molecule has 1 unspecified atom stereocenters. The first-order valence-electron chi connectivity index (χ1n) is 7.15. The molecule has 0 saturated carbocycles. The molecule has 19 heavy (non-hydrogen) atoms. The van der Waals surface area contributed by atoms with Gasteiger partial charge in [-0.05, 0) is 25.5 Å². The lowest BCUT2D eigenvalue weighted by atomic mass is 10.2. The summed E-state index contributed by atoms with van der Waals surface area (Å²) in [5.74, 6) is 0.0807. The first kappa shape index (κ1) is 15.6. The Bertz CT molecular complexity index is 354. The van der Waals surface area contributed by atoms with Crippen LogP contribution < -0.4 is 10.6 Å². The Labute approximate surface area is 116 Å². The summed E-state index contributed by atoms with van der Waals surface area (Å²) in [4.78, 5) is 16.0. The molecule has 1 rings (SSSR count). The van der Waals surface area contributed by atoms with E-state index in [0.29, 0.717) is 0 Å². The molecule has 0 bridgehead atoms. The third kappa shape index (κ3) is 6.91. The first-order valence-corrected chi connectivity index (χ1v) is 7.15. The van der Waals surface area contributed by atoms with Crippen LogP contribution in [0.5, 0.6) is 0 Å². The average molecular weight is 263 g/mol. The van der Waals surface area contributed by atoms with Gasteiger partial charge >= 0.3 is 0 Å². The molecule has 0 fully saturated rings. The smallest absolute Gasteiger partial charge is 0.236 e. The number of hydrogen-bond acceptors (Lipinski definition) is 3. The molecule has 0 radical (unpaired) electrons. The van der Waals surface area contributed by atoms with E-state index in [1.54, 1.807) is 6.20 Å². The van der Waals surface area contributed by atoms with E-state index in [9.17, 15) is 4.79 Å². The Hall–Kier alpha value is -1.42. The zero-order chi connectivity index (χ0) is 13.9. The van der Waals surface area contributed by atoms with E-state index >= 15 is 0 Å². The number of aromatic nitrogens is 1. The van der Waals surface area contributed by atoms with Crippen LogP contribution in [0.15, 0.2) is 24.4 Å². The van der Waals surface area contributed by atoms with Crippen molar-refractivity contribution in [2.75, 3.05) is 13.1 Å². The second-order valence-corrected chi connectivity index (χ2v) is 4.75. The van der Waals surface area contributed by atoms with Gasteiger partial charge in [0.15, 0.2) is 0 Å². The summed E-state index contributed by atoms with van der Waals surface area (Å²) < 4.78 is 0. The van der Waals surface area contributed by atoms with E-state index < -0.39 is 0 Å². The highest BCUT2D eigenvalue weighted by atomic mass is 16.2. The second-order valence-electron chi connectivity index (χ2n) is 4.75. The zero-order valence-corrected chi connectivity index (χ0v) is 12.0. The minimum absolute atomic E-state index is 0.0807. The molecule has 2 N–H and O–H groups in total. The summed E-state index contributed by atoms with van der Waals surface area (Å²) in [6.07, 6.45) is 6.03. The van der Waals surface area contributed by atoms with Crippen LogP contribution in [0.1, 0.15) is 38.8 Å². The number of nitrogens with zero attached hydrogens (tertiary/aromatic N) is 1. The van der Waals surface area contributed by atoms with E-state index in [2.05, 4.69) is 22.5 Å². The number of carbonyl (C=O) groups is 1. The molecule has 4 nitrogen and oxygen atoms in total. The second kappa shape index (κ2) is 9.50. The number of nitrogens with one attached hydrogen (secondary N) is 2. The number of hydrogen-bond donors (Lipinski definition) is 2. The van der Waals surface area contributed by atoms with E-state index in [0.717, 1.165) is 31.6 Å². The average Bonchev–Trinajstić information content (AvgIpc) is 2.44.